The standard InChI is InChI=1S/C14H20N4OS/c1-3-17(10-4-5-10)8-9-18-13-11(15-14(18)20)6-7-12(16-13)19-2/h6-7,10H,3-5,8-9H2,1-2H3,(H,15,20). The number of aromatic nitrogens is 3. The topological polar surface area (TPSA) is 46.1 Å². The first-order valence-electron chi connectivity index (χ1n) is 7.10. The number of likely N-dealkylation sites (N-methyl/N-ethyl adjacent to an activating group) is 1. The summed E-state index contributed by atoms with van der Waals surface area (Å²) in [7, 11) is 1.63. The van der Waals surface area contributed by atoms with Crippen LogP contribution >= 0.6 is 12.2 Å². The largest absolute Gasteiger partial charge is 0.481 e. The van der Waals surface area contributed by atoms with Gasteiger partial charge >= 0.3 is 0 Å². The smallest absolute Gasteiger partial charge is 0.215 e. The highest BCUT2D eigenvalue weighted by Crippen LogP contribution is 2.26. The molecule has 108 valence electrons. The Labute approximate surface area is 123 Å². The average Bonchev–Trinajstić information content (AvgIpc) is 3.24. The maximum Gasteiger partial charge on any atom is 0.215 e. The van der Waals surface area contributed by atoms with E-state index in [4.69, 9.17) is 17.0 Å². The third kappa shape index (κ3) is 2.58. The molecule has 0 atom stereocenters. The molecule has 1 aliphatic carbocycles. The van der Waals surface area contributed by atoms with Crippen molar-refractivity contribution < 1.29 is 4.74 Å². The van der Waals surface area contributed by atoms with E-state index in [2.05, 4.69) is 26.4 Å². The lowest BCUT2D eigenvalue weighted by molar-refractivity contribution is 0.266. The molecule has 1 saturated carbocycles. The Morgan fingerprint density at radius 3 is 2.95 bits per heavy atom. The van der Waals surface area contributed by atoms with Gasteiger partial charge < -0.3 is 14.3 Å². The van der Waals surface area contributed by atoms with Crippen LogP contribution < -0.4 is 4.74 Å². The number of aromatic amines is 1. The van der Waals surface area contributed by atoms with Crippen molar-refractivity contribution in [2.75, 3.05) is 20.2 Å². The van der Waals surface area contributed by atoms with Gasteiger partial charge in [-0.05, 0) is 37.7 Å². The lowest BCUT2D eigenvalue weighted by Gasteiger charge is -2.19. The Hall–Kier alpha value is -1.40. The van der Waals surface area contributed by atoms with E-state index < -0.39 is 0 Å². The molecule has 1 fully saturated rings. The van der Waals surface area contributed by atoms with E-state index in [-0.39, 0.29) is 0 Å². The second-order valence-corrected chi connectivity index (χ2v) is 5.55. The fourth-order valence-corrected chi connectivity index (χ4v) is 2.89. The summed E-state index contributed by atoms with van der Waals surface area (Å²) < 4.78 is 8.00. The number of nitrogens with one attached hydrogen (secondary N) is 1. The van der Waals surface area contributed by atoms with Crippen LogP contribution in [-0.4, -0.2) is 45.7 Å². The van der Waals surface area contributed by atoms with Gasteiger partial charge in [0.15, 0.2) is 10.4 Å². The van der Waals surface area contributed by atoms with Gasteiger partial charge in [0.05, 0.1) is 12.6 Å². The van der Waals surface area contributed by atoms with Crippen molar-refractivity contribution >= 4 is 23.4 Å². The zero-order chi connectivity index (χ0) is 14.1. The molecule has 0 amide bonds. The monoisotopic (exact) mass is 292 g/mol. The van der Waals surface area contributed by atoms with Gasteiger partial charge in [-0.25, -0.2) is 0 Å². The van der Waals surface area contributed by atoms with Gasteiger partial charge in [0.2, 0.25) is 5.88 Å². The van der Waals surface area contributed by atoms with Gasteiger partial charge in [-0.15, -0.1) is 0 Å². The Balaban J connectivity index is 1.85. The van der Waals surface area contributed by atoms with Crippen LogP contribution in [0, 0.1) is 4.77 Å². The number of hydrogen-bond donors (Lipinski definition) is 1. The van der Waals surface area contributed by atoms with Crippen LogP contribution in [0.15, 0.2) is 12.1 Å². The van der Waals surface area contributed by atoms with Gasteiger partial charge in [-0.1, -0.05) is 6.92 Å². The second kappa shape index (κ2) is 5.54. The summed E-state index contributed by atoms with van der Waals surface area (Å²) in [5.74, 6) is 0.620. The van der Waals surface area contributed by atoms with Crippen molar-refractivity contribution in [2.24, 2.45) is 0 Å². The molecule has 0 radical (unpaired) electrons. The van der Waals surface area contributed by atoms with E-state index in [1.54, 1.807) is 7.11 Å². The van der Waals surface area contributed by atoms with E-state index in [1.807, 2.05) is 12.1 Å². The summed E-state index contributed by atoms with van der Waals surface area (Å²) in [6, 6.07) is 4.59. The van der Waals surface area contributed by atoms with Crippen molar-refractivity contribution in [3.8, 4) is 5.88 Å². The molecule has 1 N–H and O–H groups in total. The Bertz CT molecular complexity index is 659. The van der Waals surface area contributed by atoms with Crippen LogP contribution in [0.4, 0.5) is 0 Å². The first kappa shape index (κ1) is 13.6. The number of nitrogens with zero attached hydrogens (tertiary/aromatic N) is 3. The predicted octanol–water partition coefficient (Wildman–Crippen LogP) is 2.59. The average molecular weight is 292 g/mol. The molecule has 5 nitrogen and oxygen atoms in total. The third-order valence-electron chi connectivity index (χ3n) is 3.88. The molecule has 2 aromatic heterocycles. The molecule has 0 spiro atoms. The lowest BCUT2D eigenvalue weighted by Crippen LogP contribution is -2.29. The highest BCUT2D eigenvalue weighted by molar-refractivity contribution is 7.71. The van der Waals surface area contributed by atoms with Crippen LogP contribution in [0.2, 0.25) is 0 Å². The molecule has 6 heteroatoms. The van der Waals surface area contributed by atoms with Crippen molar-refractivity contribution in [2.45, 2.75) is 32.4 Å². The Morgan fingerprint density at radius 1 is 1.50 bits per heavy atom. The number of rotatable bonds is 6. The molecule has 20 heavy (non-hydrogen) atoms. The normalized spacial score (nSPS) is 15.2. The van der Waals surface area contributed by atoms with E-state index >= 15 is 0 Å². The lowest BCUT2D eigenvalue weighted by atomic mass is 10.4. The minimum absolute atomic E-state index is 0.620. The molecule has 0 unspecified atom stereocenters. The number of ether oxygens (including phenoxy) is 1. The number of pyridine rings is 1. The van der Waals surface area contributed by atoms with E-state index in [1.165, 1.54) is 12.8 Å². The van der Waals surface area contributed by atoms with Gasteiger partial charge in [0.1, 0.15) is 0 Å². The highest BCUT2D eigenvalue weighted by atomic mass is 32.1. The minimum Gasteiger partial charge on any atom is -0.481 e. The van der Waals surface area contributed by atoms with Gasteiger partial charge in [0.25, 0.3) is 0 Å². The Kier molecular flexibility index (Phi) is 3.76. The molecule has 0 saturated heterocycles. The summed E-state index contributed by atoms with van der Waals surface area (Å²) in [5.41, 5.74) is 1.84. The van der Waals surface area contributed by atoms with Crippen molar-refractivity contribution in [1.29, 1.82) is 0 Å². The predicted molar refractivity (Wildman–Crippen MR) is 81.7 cm³/mol. The van der Waals surface area contributed by atoms with Crippen LogP contribution in [-0.2, 0) is 6.54 Å². The molecule has 2 aromatic rings. The number of imidazole rings is 1. The van der Waals surface area contributed by atoms with Gasteiger partial charge in [-0.3, -0.25) is 4.90 Å². The fourth-order valence-electron chi connectivity index (χ4n) is 2.60. The molecular weight excluding hydrogens is 272 g/mol. The van der Waals surface area contributed by atoms with Crippen molar-refractivity contribution in [3.63, 3.8) is 0 Å². The summed E-state index contributed by atoms with van der Waals surface area (Å²) >= 11 is 5.41. The quantitative estimate of drug-likeness (QED) is 0.831. The van der Waals surface area contributed by atoms with E-state index in [9.17, 15) is 0 Å². The van der Waals surface area contributed by atoms with Crippen LogP contribution in [0.5, 0.6) is 5.88 Å². The Morgan fingerprint density at radius 2 is 2.30 bits per heavy atom. The third-order valence-corrected chi connectivity index (χ3v) is 4.20. The van der Waals surface area contributed by atoms with Gasteiger partial charge in [0, 0.05) is 25.2 Å². The van der Waals surface area contributed by atoms with Crippen molar-refractivity contribution in [1.82, 2.24) is 19.4 Å². The minimum atomic E-state index is 0.620. The van der Waals surface area contributed by atoms with Gasteiger partial charge in [-0.2, -0.15) is 4.98 Å². The van der Waals surface area contributed by atoms with Crippen molar-refractivity contribution in [3.05, 3.63) is 16.9 Å². The number of H-pyrrole nitrogens is 1. The molecule has 0 bridgehead atoms. The molecule has 3 rings (SSSR count). The summed E-state index contributed by atoms with van der Waals surface area (Å²) in [6.45, 7) is 5.19. The van der Waals surface area contributed by atoms with E-state index in [0.29, 0.717) is 5.88 Å². The SMILES string of the molecule is CCN(CCn1c(=S)[nH]c2ccc(OC)nc21)C1CC1. The summed E-state index contributed by atoms with van der Waals surface area (Å²) in [5, 5.41) is 0. The maximum atomic E-state index is 5.41. The molecular formula is C14H20N4OS. The molecule has 0 aliphatic heterocycles. The van der Waals surface area contributed by atoms with Crippen LogP contribution in [0.3, 0.4) is 0 Å². The zero-order valence-electron chi connectivity index (χ0n) is 11.9. The molecule has 0 aromatic carbocycles. The highest BCUT2D eigenvalue weighted by Gasteiger charge is 2.27. The molecule has 2 heterocycles. The van der Waals surface area contributed by atoms with E-state index in [0.717, 1.165) is 41.6 Å². The second-order valence-electron chi connectivity index (χ2n) is 5.17. The number of methoxy groups -OCH3 is 1. The first-order valence-corrected chi connectivity index (χ1v) is 7.51. The first-order chi connectivity index (χ1) is 9.72. The molecule has 1 aliphatic rings. The fraction of sp³-hybridized carbons (Fsp3) is 0.571. The zero-order valence-corrected chi connectivity index (χ0v) is 12.7. The summed E-state index contributed by atoms with van der Waals surface area (Å²) in [6.07, 6.45) is 2.67. The number of hydrogen-bond acceptors (Lipinski definition) is 4. The number of fused-ring (bicyclic) bond motifs is 1. The van der Waals surface area contributed by atoms with Crippen LogP contribution in [0.25, 0.3) is 11.2 Å². The maximum absolute atomic E-state index is 5.41. The summed E-state index contributed by atoms with van der Waals surface area (Å²) in [4.78, 5) is 10.2. The van der Waals surface area contributed by atoms with Crippen LogP contribution in [0.1, 0.15) is 19.8 Å².